The third-order valence-electron chi connectivity index (χ3n) is 2.85. The molecular formula is C13H18O2. The highest BCUT2D eigenvalue weighted by molar-refractivity contribution is 5.37. The van der Waals surface area contributed by atoms with Crippen LogP contribution in [-0.2, 0) is 11.2 Å². The Bertz CT molecular complexity index is 344. The van der Waals surface area contributed by atoms with E-state index in [-0.39, 0.29) is 6.10 Å². The van der Waals surface area contributed by atoms with Crippen LogP contribution in [-0.4, -0.2) is 11.7 Å². The van der Waals surface area contributed by atoms with Crippen LogP contribution in [0.2, 0.25) is 0 Å². The predicted molar refractivity (Wildman–Crippen MR) is 60.0 cm³/mol. The van der Waals surface area contributed by atoms with Crippen molar-refractivity contribution in [2.75, 3.05) is 6.61 Å². The number of phenols is 1. The van der Waals surface area contributed by atoms with Crippen molar-refractivity contribution in [3.8, 4) is 5.75 Å². The fraction of sp³-hybridized carbons (Fsp3) is 0.538. The molecule has 0 unspecified atom stereocenters. The average Bonchev–Trinajstić information content (AvgIpc) is 2.16. The Morgan fingerprint density at radius 1 is 1.47 bits per heavy atom. The van der Waals surface area contributed by atoms with Gasteiger partial charge in [-0.3, -0.25) is 0 Å². The molecule has 0 bridgehead atoms. The summed E-state index contributed by atoms with van der Waals surface area (Å²) in [6.45, 7) is 5.18. The topological polar surface area (TPSA) is 29.5 Å². The zero-order valence-electron chi connectivity index (χ0n) is 9.36. The minimum absolute atomic E-state index is 0.217. The lowest BCUT2D eigenvalue weighted by atomic mass is 9.92. The van der Waals surface area contributed by atoms with E-state index in [1.165, 1.54) is 11.1 Å². The zero-order chi connectivity index (χ0) is 10.8. The molecule has 1 aromatic rings. The maximum absolute atomic E-state index is 9.42. The van der Waals surface area contributed by atoms with Gasteiger partial charge in [-0.1, -0.05) is 19.9 Å². The highest BCUT2D eigenvalue weighted by atomic mass is 16.5. The summed E-state index contributed by atoms with van der Waals surface area (Å²) in [6, 6.07) is 5.61. The highest BCUT2D eigenvalue weighted by Gasteiger charge is 2.21. The second-order valence-corrected chi connectivity index (χ2v) is 4.62. The zero-order valence-corrected chi connectivity index (χ0v) is 9.36. The largest absolute Gasteiger partial charge is 0.508 e. The molecule has 1 atom stereocenters. The highest BCUT2D eigenvalue weighted by Crippen LogP contribution is 2.33. The van der Waals surface area contributed by atoms with Gasteiger partial charge in [-0.2, -0.15) is 0 Å². The van der Waals surface area contributed by atoms with Crippen LogP contribution in [0.1, 0.15) is 37.5 Å². The summed E-state index contributed by atoms with van der Waals surface area (Å²) in [7, 11) is 0. The van der Waals surface area contributed by atoms with E-state index in [0.717, 1.165) is 19.4 Å². The van der Waals surface area contributed by atoms with Crippen LogP contribution in [0.15, 0.2) is 18.2 Å². The number of hydrogen-bond acceptors (Lipinski definition) is 2. The number of rotatable bonds is 2. The van der Waals surface area contributed by atoms with Crippen LogP contribution in [0.4, 0.5) is 0 Å². The molecule has 0 spiro atoms. The van der Waals surface area contributed by atoms with Gasteiger partial charge in [-0.15, -0.1) is 0 Å². The van der Waals surface area contributed by atoms with Gasteiger partial charge < -0.3 is 9.84 Å². The minimum Gasteiger partial charge on any atom is -0.508 e. The lowest BCUT2D eigenvalue weighted by Gasteiger charge is -2.27. The SMILES string of the molecule is CC(C)C[C@@H]1OCCc2cc(O)ccc21. The normalized spacial score (nSPS) is 20.3. The first-order chi connectivity index (χ1) is 7.16. The quantitative estimate of drug-likeness (QED) is 0.805. The second kappa shape index (κ2) is 4.23. The van der Waals surface area contributed by atoms with Gasteiger partial charge in [-0.05, 0) is 42.0 Å². The number of aromatic hydroxyl groups is 1. The molecule has 1 aromatic carbocycles. The number of benzene rings is 1. The lowest BCUT2D eigenvalue weighted by Crippen LogP contribution is -2.17. The first-order valence-corrected chi connectivity index (χ1v) is 5.60. The first-order valence-electron chi connectivity index (χ1n) is 5.60. The Hall–Kier alpha value is -1.02. The Morgan fingerprint density at radius 2 is 2.27 bits per heavy atom. The standard InChI is InChI=1S/C13H18O2/c1-9(2)7-13-12-4-3-11(14)8-10(12)5-6-15-13/h3-4,8-9,13-14H,5-7H2,1-2H3/t13-/m0/s1. The Kier molecular flexibility index (Phi) is 2.96. The van der Waals surface area contributed by atoms with E-state index in [0.29, 0.717) is 11.7 Å². The molecule has 0 saturated carbocycles. The van der Waals surface area contributed by atoms with Crippen molar-refractivity contribution in [1.29, 1.82) is 0 Å². The molecule has 2 rings (SSSR count). The maximum atomic E-state index is 9.42. The molecule has 0 aliphatic carbocycles. The first kappa shape index (κ1) is 10.5. The minimum atomic E-state index is 0.217. The van der Waals surface area contributed by atoms with Crippen molar-refractivity contribution in [3.05, 3.63) is 29.3 Å². The Labute approximate surface area is 90.9 Å². The van der Waals surface area contributed by atoms with Crippen LogP contribution in [0.3, 0.4) is 0 Å². The van der Waals surface area contributed by atoms with Crippen LogP contribution < -0.4 is 0 Å². The van der Waals surface area contributed by atoms with Gasteiger partial charge in [0.15, 0.2) is 0 Å². The van der Waals surface area contributed by atoms with Crippen molar-refractivity contribution < 1.29 is 9.84 Å². The van der Waals surface area contributed by atoms with Gasteiger partial charge >= 0.3 is 0 Å². The van der Waals surface area contributed by atoms with E-state index < -0.39 is 0 Å². The smallest absolute Gasteiger partial charge is 0.115 e. The number of hydrogen-bond donors (Lipinski definition) is 1. The summed E-state index contributed by atoms with van der Waals surface area (Å²) in [4.78, 5) is 0. The molecule has 82 valence electrons. The van der Waals surface area contributed by atoms with Crippen LogP contribution in [0.25, 0.3) is 0 Å². The van der Waals surface area contributed by atoms with Crippen LogP contribution in [0.5, 0.6) is 5.75 Å². The van der Waals surface area contributed by atoms with Gasteiger partial charge in [0.2, 0.25) is 0 Å². The number of ether oxygens (including phenoxy) is 1. The molecule has 0 aromatic heterocycles. The Balaban J connectivity index is 2.26. The van der Waals surface area contributed by atoms with E-state index in [9.17, 15) is 5.11 Å². The van der Waals surface area contributed by atoms with E-state index in [1.54, 1.807) is 6.07 Å². The van der Waals surface area contributed by atoms with Crippen molar-refractivity contribution in [2.24, 2.45) is 5.92 Å². The van der Waals surface area contributed by atoms with E-state index in [2.05, 4.69) is 13.8 Å². The van der Waals surface area contributed by atoms with Crippen LogP contribution in [0, 0.1) is 5.92 Å². The van der Waals surface area contributed by atoms with E-state index in [4.69, 9.17) is 4.74 Å². The number of phenolic OH excluding ortho intramolecular Hbond substituents is 1. The summed E-state index contributed by atoms with van der Waals surface area (Å²) in [5.74, 6) is 0.994. The van der Waals surface area contributed by atoms with Gasteiger partial charge in [0.05, 0.1) is 12.7 Å². The molecule has 2 heteroatoms. The molecule has 0 amide bonds. The summed E-state index contributed by atoms with van der Waals surface area (Å²) >= 11 is 0. The monoisotopic (exact) mass is 206 g/mol. The molecule has 15 heavy (non-hydrogen) atoms. The average molecular weight is 206 g/mol. The third kappa shape index (κ3) is 2.32. The van der Waals surface area contributed by atoms with Crippen molar-refractivity contribution >= 4 is 0 Å². The maximum Gasteiger partial charge on any atom is 0.115 e. The molecule has 1 aliphatic rings. The van der Waals surface area contributed by atoms with Crippen molar-refractivity contribution in [2.45, 2.75) is 32.8 Å². The fourth-order valence-corrected chi connectivity index (χ4v) is 2.15. The third-order valence-corrected chi connectivity index (χ3v) is 2.85. The predicted octanol–water partition coefficient (Wildman–Crippen LogP) is 3.05. The van der Waals surface area contributed by atoms with Crippen molar-refractivity contribution in [1.82, 2.24) is 0 Å². The van der Waals surface area contributed by atoms with Gasteiger partial charge in [0.25, 0.3) is 0 Å². The molecule has 2 nitrogen and oxygen atoms in total. The lowest BCUT2D eigenvalue weighted by molar-refractivity contribution is 0.0283. The molecule has 0 radical (unpaired) electrons. The summed E-state index contributed by atoms with van der Waals surface area (Å²) in [5, 5.41) is 9.42. The summed E-state index contributed by atoms with van der Waals surface area (Å²) in [5.41, 5.74) is 2.50. The fourth-order valence-electron chi connectivity index (χ4n) is 2.15. The second-order valence-electron chi connectivity index (χ2n) is 4.62. The number of fused-ring (bicyclic) bond motifs is 1. The molecule has 1 aliphatic heterocycles. The molecule has 0 saturated heterocycles. The van der Waals surface area contributed by atoms with Crippen LogP contribution >= 0.6 is 0 Å². The van der Waals surface area contributed by atoms with E-state index in [1.807, 2.05) is 12.1 Å². The summed E-state index contributed by atoms with van der Waals surface area (Å²) in [6.07, 6.45) is 2.19. The molecule has 0 fully saturated rings. The Morgan fingerprint density at radius 3 is 3.00 bits per heavy atom. The van der Waals surface area contributed by atoms with Gasteiger partial charge in [0, 0.05) is 0 Å². The van der Waals surface area contributed by atoms with Gasteiger partial charge in [-0.25, -0.2) is 0 Å². The van der Waals surface area contributed by atoms with Gasteiger partial charge in [0.1, 0.15) is 5.75 Å². The molecule has 1 heterocycles. The van der Waals surface area contributed by atoms with E-state index >= 15 is 0 Å². The molecular weight excluding hydrogens is 188 g/mol. The van der Waals surface area contributed by atoms with Crippen molar-refractivity contribution in [3.63, 3.8) is 0 Å². The summed E-state index contributed by atoms with van der Waals surface area (Å²) < 4.78 is 5.77. The molecule has 1 N–H and O–H groups in total.